The summed E-state index contributed by atoms with van der Waals surface area (Å²) in [7, 11) is 0. The smallest absolute Gasteiger partial charge is 0.224 e. The molecule has 0 fully saturated rings. The van der Waals surface area contributed by atoms with Crippen LogP contribution in [0.3, 0.4) is 0 Å². The summed E-state index contributed by atoms with van der Waals surface area (Å²) in [6.07, 6.45) is 0. The van der Waals surface area contributed by atoms with Crippen LogP contribution in [-0.4, -0.2) is 24.2 Å². The molecule has 0 bridgehead atoms. The number of aliphatic hydroxyl groups is 1. The molecule has 0 heterocycles. The molecule has 3 N–H and O–H groups in total. The molecule has 0 saturated heterocycles. The maximum atomic E-state index is 13.6. The van der Waals surface area contributed by atoms with Gasteiger partial charge in [0.05, 0.1) is 25.7 Å². The van der Waals surface area contributed by atoms with Gasteiger partial charge in [-0.3, -0.25) is 4.79 Å². The highest BCUT2D eigenvalue weighted by Crippen LogP contribution is 2.18. The predicted octanol–water partition coefficient (Wildman–Crippen LogP) is 0.923. The third-order valence-electron chi connectivity index (χ3n) is 2.50. The molecule has 4 nitrogen and oxygen atoms in total. The molecule has 1 atom stereocenters. The molecule has 94 valence electrons. The summed E-state index contributed by atoms with van der Waals surface area (Å²) >= 11 is 0. The van der Waals surface area contributed by atoms with E-state index in [1.54, 1.807) is 19.1 Å². The Hall–Kier alpha value is -1.46. The third kappa shape index (κ3) is 3.80. The van der Waals surface area contributed by atoms with Gasteiger partial charge in [0.15, 0.2) is 0 Å². The van der Waals surface area contributed by atoms with Crippen LogP contribution in [0.5, 0.6) is 0 Å². The average Bonchev–Trinajstić information content (AvgIpc) is 2.30. The zero-order chi connectivity index (χ0) is 12.8. The zero-order valence-corrected chi connectivity index (χ0v) is 9.65. The van der Waals surface area contributed by atoms with Crippen LogP contribution in [-0.2, 0) is 16.1 Å². The van der Waals surface area contributed by atoms with E-state index in [-0.39, 0.29) is 19.8 Å². The second-order valence-electron chi connectivity index (χ2n) is 3.75. The van der Waals surface area contributed by atoms with Crippen LogP contribution in [0.2, 0.25) is 0 Å². The van der Waals surface area contributed by atoms with Crippen molar-refractivity contribution in [2.45, 2.75) is 19.4 Å². The fourth-order valence-electron chi connectivity index (χ4n) is 1.36. The SMILES string of the molecule is CC(C(N)=O)c1ccc(COCCO)c(F)c1. The molecule has 0 saturated carbocycles. The number of benzene rings is 1. The van der Waals surface area contributed by atoms with E-state index in [1.165, 1.54) is 6.07 Å². The minimum Gasteiger partial charge on any atom is -0.394 e. The van der Waals surface area contributed by atoms with Crippen molar-refractivity contribution in [2.24, 2.45) is 5.73 Å². The summed E-state index contributed by atoms with van der Waals surface area (Å²) in [5.41, 5.74) is 6.07. The molecule has 5 heteroatoms. The maximum Gasteiger partial charge on any atom is 0.224 e. The van der Waals surface area contributed by atoms with Crippen LogP contribution in [0, 0.1) is 5.82 Å². The van der Waals surface area contributed by atoms with Crippen molar-refractivity contribution in [2.75, 3.05) is 13.2 Å². The highest BCUT2D eigenvalue weighted by Gasteiger charge is 2.13. The normalized spacial score (nSPS) is 12.4. The number of carbonyl (C=O) groups excluding carboxylic acids is 1. The van der Waals surface area contributed by atoms with Crippen molar-refractivity contribution < 1.29 is 19.0 Å². The number of amides is 1. The van der Waals surface area contributed by atoms with Crippen LogP contribution < -0.4 is 5.73 Å². The van der Waals surface area contributed by atoms with Crippen molar-refractivity contribution >= 4 is 5.91 Å². The number of halogens is 1. The number of ether oxygens (including phenoxy) is 1. The maximum absolute atomic E-state index is 13.6. The first-order valence-corrected chi connectivity index (χ1v) is 5.32. The molecular weight excluding hydrogens is 225 g/mol. The predicted molar refractivity (Wildman–Crippen MR) is 60.8 cm³/mol. The van der Waals surface area contributed by atoms with Gasteiger partial charge in [-0.25, -0.2) is 4.39 Å². The lowest BCUT2D eigenvalue weighted by atomic mass is 9.99. The van der Waals surface area contributed by atoms with Crippen molar-refractivity contribution in [3.63, 3.8) is 0 Å². The molecule has 0 aliphatic rings. The summed E-state index contributed by atoms with van der Waals surface area (Å²) in [5, 5.41) is 8.52. The summed E-state index contributed by atoms with van der Waals surface area (Å²) in [6.45, 7) is 1.79. The van der Waals surface area contributed by atoms with Crippen LogP contribution in [0.25, 0.3) is 0 Å². The van der Waals surface area contributed by atoms with Crippen LogP contribution in [0.4, 0.5) is 4.39 Å². The first-order chi connectivity index (χ1) is 8.06. The number of carbonyl (C=O) groups is 1. The minimum atomic E-state index is -0.517. The van der Waals surface area contributed by atoms with E-state index in [4.69, 9.17) is 15.6 Å². The molecule has 0 aliphatic carbocycles. The largest absolute Gasteiger partial charge is 0.394 e. The molecule has 0 aromatic heterocycles. The fourth-order valence-corrected chi connectivity index (χ4v) is 1.36. The molecule has 17 heavy (non-hydrogen) atoms. The first kappa shape index (κ1) is 13.6. The number of nitrogens with two attached hydrogens (primary N) is 1. The zero-order valence-electron chi connectivity index (χ0n) is 9.65. The summed E-state index contributed by atoms with van der Waals surface area (Å²) in [6, 6.07) is 4.49. The van der Waals surface area contributed by atoms with Crippen molar-refractivity contribution in [1.29, 1.82) is 0 Å². The van der Waals surface area contributed by atoms with E-state index in [0.29, 0.717) is 11.1 Å². The van der Waals surface area contributed by atoms with Gasteiger partial charge in [-0.2, -0.15) is 0 Å². The van der Waals surface area contributed by atoms with Crippen LogP contribution in [0.1, 0.15) is 24.0 Å². The van der Waals surface area contributed by atoms with Gasteiger partial charge in [0.1, 0.15) is 5.82 Å². The quantitative estimate of drug-likeness (QED) is 0.727. The van der Waals surface area contributed by atoms with Crippen LogP contribution >= 0.6 is 0 Å². The molecule has 1 amide bonds. The molecular formula is C12H16FNO3. The van der Waals surface area contributed by atoms with E-state index in [9.17, 15) is 9.18 Å². The van der Waals surface area contributed by atoms with Gasteiger partial charge >= 0.3 is 0 Å². The molecule has 1 aromatic carbocycles. The minimum absolute atomic E-state index is 0.0949. The van der Waals surface area contributed by atoms with Crippen molar-refractivity contribution in [3.05, 3.63) is 35.1 Å². The van der Waals surface area contributed by atoms with Gasteiger partial charge in [-0.05, 0) is 18.6 Å². The Kier molecular flexibility index (Phi) is 5.06. The number of rotatable bonds is 6. The second-order valence-corrected chi connectivity index (χ2v) is 3.75. The summed E-state index contributed by atoms with van der Waals surface area (Å²) < 4.78 is 18.6. The fraction of sp³-hybridized carbons (Fsp3) is 0.417. The Morgan fingerprint density at radius 2 is 2.29 bits per heavy atom. The number of primary amides is 1. The lowest BCUT2D eigenvalue weighted by Crippen LogP contribution is -2.19. The van der Waals surface area contributed by atoms with Gasteiger partial charge < -0.3 is 15.6 Å². The van der Waals surface area contributed by atoms with E-state index in [2.05, 4.69) is 0 Å². The number of hydrogen-bond donors (Lipinski definition) is 2. The molecule has 0 spiro atoms. The summed E-state index contributed by atoms with van der Waals surface area (Å²) in [5.74, 6) is -1.45. The van der Waals surface area contributed by atoms with Gasteiger partial charge in [-0.15, -0.1) is 0 Å². The lowest BCUT2D eigenvalue weighted by molar-refractivity contribution is -0.119. The Labute approximate surface area is 99.2 Å². The van der Waals surface area contributed by atoms with E-state index < -0.39 is 17.6 Å². The van der Waals surface area contributed by atoms with E-state index >= 15 is 0 Å². The molecule has 0 radical (unpaired) electrons. The second kappa shape index (κ2) is 6.32. The Bertz CT molecular complexity index is 395. The van der Waals surface area contributed by atoms with Crippen molar-refractivity contribution in [3.8, 4) is 0 Å². The molecule has 0 aliphatic heterocycles. The van der Waals surface area contributed by atoms with Gasteiger partial charge in [-0.1, -0.05) is 12.1 Å². The third-order valence-corrected chi connectivity index (χ3v) is 2.50. The van der Waals surface area contributed by atoms with Crippen LogP contribution in [0.15, 0.2) is 18.2 Å². The summed E-state index contributed by atoms with van der Waals surface area (Å²) in [4.78, 5) is 11.0. The number of hydrogen-bond acceptors (Lipinski definition) is 3. The topological polar surface area (TPSA) is 72.6 Å². The highest BCUT2D eigenvalue weighted by atomic mass is 19.1. The standard InChI is InChI=1S/C12H16FNO3/c1-8(12(14)16)9-2-3-10(11(13)6-9)7-17-5-4-15/h2-3,6,8,15H,4-5,7H2,1H3,(H2,14,16). The average molecular weight is 241 g/mol. The highest BCUT2D eigenvalue weighted by molar-refractivity contribution is 5.81. The first-order valence-electron chi connectivity index (χ1n) is 5.32. The van der Waals surface area contributed by atoms with E-state index in [1.807, 2.05) is 0 Å². The Morgan fingerprint density at radius 1 is 1.59 bits per heavy atom. The lowest BCUT2D eigenvalue weighted by Gasteiger charge is -2.10. The molecule has 1 aromatic rings. The van der Waals surface area contributed by atoms with Gasteiger partial charge in [0.25, 0.3) is 0 Å². The number of aliphatic hydroxyl groups excluding tert-OH is 1. The molecule has 1 rings (SSSR count). The Morgan fingerprint density at radius 3 is 2.82 bits per heavy atom. The van der Waals surface area contributed by atoms with Crippen molar-refractivity contribution in [1.82, 2.24) is 0 Å². The van der Waals surface area contributed by atoms with E-state index in [0.717, 1.165) is 0 Å². The molecule has 1 unspecified atom stereocenters. The Balaban J connectivity index is 2.75. The van der Waals surface area contributed by atoms with Gasteiger partial charge in [0.2, 0.25) is 5.91 Å². The van der Waals surface area contributed by atoms with Gasteiger partial charge in [0, 0.05) is 5.56 Å². The monoisotopic (exact) mass is 241 g/mol.